The Kier molecular flexibility index (Phi) is 7.24. The number of fused-ring (bicyclic) bond motifs is 1. The number of nitrogens with zero attached hydrogens (tertiary/aromatic N) is 1. The number of quaternary nitrogens is 1. The zero-order chi connectivity index (χ0) is 21.5. The van der Waals surface area contributed by atoms with Crippen molar-refractivity contribution in [2.45, 2.75) is 13.5 Å². The minimum atomic E-state index is -0.415. The fourth-order valence-electron chi connectivity index (χ4n) is 3.26. The van der Waals surface area contributed by atoms with Crippen LogP contribution in [0.4, 0.5) is 10.1 Å². The number of halogens is 1. The van der Waals surface area contributed by atoms with E-state index in [1.807, 2.05) is 25.1 Å². The summed E-state index contributed by atoms with van der Waals surface area (Å²) < 4.78 is 24.4. The summed E-state index contributed by atoms with van der Waals surface area (Å²) in [5, 5.41) is 2.65. The largest absolute Gasteiger partial charge is 0.486 e. The minimum absolute atomic E-state index is 0.0524. The molecule has 1 heterocycles. The zero-order valence-corrected chi connectivity index (χ0v) is 17.2. The number of anilines is 1. The van der Waals surface area contributed by atoms with Crippen LogP contribution in [0.15, 0.2) is 42.5 Å². The molecule has 0 bridgehead atoms. The van der Waals surface area contributed by atoms with Crippen molar-refractivity contribution in [3.63, 3.8) is 0 Å². The molecule has 0 saturated carbocycles. The molecular formula is C22H27FN3O4+. The summed E-state index contributed by atoms with van der Waals surface area (Å²) in [4.78, 5) is 27.4. The number of nitrogens with one attached hydrogen (secondary N) is 2. The molecular weight excluding hydrogens is 389 g/mol. The van der Waals surface area contributed by atoms with Crippen molar-refractivity contribution in [3.8, 4) is 11.5 Å². The van der Waals surface area contributed by atoms with Gasteiger partial charge in [-0.1, -0.05) is 12.1 Å². The van der Waals surface area contributed by atoms with Gasteiger partial charge in [-0.05, 0) is 42.8 Å². The fraction of sp³-hybridized carbons (Fsp3) is 0.364. The van der Waals surface area contributed by atoms with Crippen molar-refractivity contribution in [2.75, 3.05) is 45.2 Å². The highest BCUT2D eigenvalue weighted by Crippen LogP contribution is 2.31. The Morgan fingerprint density at radius 2 is 1.87 bits per heavy atom. The topological polar surface area (TPSA) is 72.3 Å². The van der Waals surface area contributed by atoms with Gasteiger partial charge in [0, 0.05) is 18.8 Å². The number of hydrogen-bond donors (Lipinski definition) is 2. The van der Waals surface area contributed by atoms with Crippen LogP contribution in [0.5, 0.6) is 11.5 Å². The SMILES string of the molecule is CCN(Cc1ccc2c(c1)OCCO2)C(=O)C[NH+](C)CC(=O)Nc1cccc(F)c1. The van der Waals surface area contributed by atoms with Crippen molar-refractivity contribution in [1.29, 1.82) is 0 Å². The maximum atomic E-state index is 13.2. The molecule has 1 unspecified atom stereocenters. The van der Waals surface area contributed by atoms with Gasteiger partial charge in [0.25, 0.3) is 11.8 Å². The van der Waals surface area contributed by atoms with Gasteiger partial charge in [0.2, 0.25) is 0 Å². The first kappa shape index (κ1) is 21.6. The first-order valence-corrected chi connectivity index (χ1v) is 9.97. The van der Waals surface area contributed by atoms with Gasteiger partial charge in [-0.3, -0.25) is 9.59 Å². The lowest BCUT2D eigenvalue weighted by molar-refractivity contribution is -0.862. The highest BCUT2D eigenvalue weighted by molar-refractivity contribution is 5.91. The van der Waals surface area contributed by atoms with E-state index in [-0.39, 0.29) is 24.9 Å². The second-order valence-corrected chi connectivity index (χ2v) is 7.26. The lowest BCUT2D eigenvalue weighted by Gasteiger charge is -2.24. The number of benzene rings is 2. The second-order valence-electron chi connectivity index (χ2n) is 7.26. The third-order valence-corrected chi connectivity index (χ3v) is 4.74. The Hall–Kier alpha value is -3.13. The van der Waals surface area contributed by atoms with Gasteiger partial charge in [0.1, 0.15) is 19.0 Å². The van der Waals surface area contributed by atoms with Crippen LogP contribution >= 0.6 is 0 Å². The van der Waals surface area contributed by atoms with Crippen molar-refractivity contribution >= 4 is 17.5 Å². The number of rotatable bonds is 8. The molecule has 1 aliphatic heterocycles. The van der Waals surface area contributed by atoms with Crippen molar-refractivity contribution in [3.05, 3.63) is 53.8 Å². The van der Waals surface area contributed by atoms with Gasteiger partial charge < -0.3 is 24.6 Å². The molecule has 2 aromatic rings. The number of ether oxygens (including phenoxy) is 2. The average Bonchev–Trinajstić information content (AvgIpc) is 2.71. The standard InChI is InChI=1S/C22H26FN3O4/c1-3-26(13-16-7-8-19-20(11-16)30-10-9-29-19)22(28)15-25(2)14-21(27)24-18-6-4-5-17(23)12-18/h4-8,11-12H,3,9-10,13-15H2,1-2H3,(H,24,27)/p+1. The fourth-order valence-corrected chi connectivity index (χ4v) is 3.26. The molecule has 0 aromatic heterocycles. The molecule has 160 valence electrons. The van der Waals surface area contributed by atoms with E-state index in [2.05, 4.69) is 5.32 Å². The zero-order valence-electron chi connectivity index (χ0n) is 17.2. The summed E-state index contributed by atoms with van der Waals surface area (Å²) in [5.41, 5.74) is 1.35. The molecule has 1 atom stereocenters. The third-order valence-electron chi connectivity index (χ3n) is 4.74. The molecule has 2 N–H and O–H groups in total. The normalized spacial score (nSPS) is 13.4. The van der Waals surface area contributed by atoms with Crippen LogP contribution < -0.4 is 19.7 Å². The van der Waals surface area contributed by atoms with Gasteiger partial charge in [-0.15, -0.1) is 0 Å². The maximum Gasteiger partial charge on any atom is 0.279 e. The van der Waals surface area contributed by atoms with Crippen molar-refractivity contribution in [1.82, 2.24) is 4.90 Å². The number of carbonyl (C=O) groups is 2. The molecule has 2 aromatic carbocycles. The number of carbonyl (C=O) groups excluding carboxylic acids is 2. The first-order valence-electron chi connectivity index (χ1n) is 9.97. The molecule has 0 fully saturated rings. The van der Waals surface area contributed by atoms with Crippen molar-refractivity contribution in [2.24, 2.45) is 0 Å². The van der Waals surface area contributed by atoms with Gasteiger partial charge in [-0.2, -0.15) is 0 Å². The summed E-state index contributed by atoms with van der Waals surface area (Å²) in [6, 6.07) is 11.4. The third kappa shape index (κ3) is 5.93. The van der Waals surface area contributed by atoms with Gasteiger partial charge in [0.15, 0.2) is 24.6 Å². The van der Waals surface area contributed by atoms with E-state index in [1.54, 1.807) is 18.0 Å². The van der Waals surface area contributed by atoms with E-state index in [9.17, 15) is 14.0 Å². The molecule has 2 amide bonds. The average molecular weight is 416 g/mol. The van der Waals surface area contributed by atoms with E-state index < -0.39 is 5.82 Å². The number of hydrogen-bond acceptors (Lipinski definition) is 4. The smallest absolute Gasteiger partial charge is 0.279 e. The maximum absolute atomic E-state index is 13.2. The van der Waals surface area contributed by atoms with E-state index in [0.29, 0.717) is 43.5 Å². The summed E-state index contributed by atoms with van der Waals surface area (Å²) in [6.07, 6.45) is 0. The first-order chi connectivity index (χ1) is 14.4. The van der Waals surface area contributed by atoms with Gasteiger partial charge in [-0.25, -0.2) is 4.39 Å². The monoisotopic (exact) mass is 416 g/mol. The molecule has 0 radical (unpaired) electrons. The quantitative estimate of drug-likeness (QED) is 0.676. The molecule has 0 saturated heterocycles. The Labute approximate surface area is 175 Å². The van der Waals surface area contributed by atoms with Crippen LogP contribution in [0.3, 0.4) is 0 Å². The lowest BCUT2D eigenvalue weighted by atomic mass is 10.1. The van der Waals surface area contributed by atoms with Gasteiger partial charge >= 0.3 is 0 Å². The summed E-state index contributed by atoms with van der Waals surface area (Å²) in [5.74, 6) is 0.664. The highest BCUT2D eigenvalue weighted by atomic mass is 19.1. The van der Waals surface area contributed by atoms with E-state index in [4.69, 9.17) is 9.47 Å². The Bertz CT molecular complexity index is 906. The van der Waals surface area contributed by atoms with E-state index >= 15 is 0 Å². The van der Waals surface area contributed by atoms with Gasteiger partial charge in [0.05, 0.1) is 7.05 Å². The van der Waals surface area contributed by atoms with Crippen LogP contribution in [0.2, 0.25) is 0 Å². The highest BCUT2D eigenvalue weighted by Gasteiger charge is 2.20. The lowest BCUT2D eigenvalue weighted by Crippen LogP contribution is -3.11. The van der Waals surface area contributed by atoms with Crippen LogP contribution in [-0.2, 0) is 16.1 Å². The summed E-state index contributed by atoms with van der Waals surface area (Å²) >= 11 is 0. The molecule has 1 aliphatic rings. The number of amides is 2. The summed E-state index contributed by atoms with van der Waals surface area (Å²) in [6.45, 7) is 4.25. The van der Waals surface area contributed by atoms with E-state index in [0.717, 1.165) is 10.5 Å². The predicted molar refractivity (Wildman–Crippen MR) is 110 cm³/mol. The molecule has 3 rings (SSSR count). The van der Waals surface area contributed by atoms with Crippen molar-refractivity contribution < 1.29 is 28.4 Å². The van der Waals surface area contributed by atoms with E-state index in [1.165, 1.54) is 18.2 Å². The molecule has 7 nitrogen and oxygen atoms in total. The molecule has 0 aliphatic carbocycles. The van der Waals surface area contributed by atoms with Crippen LogP contribution in [-0.4, -0.2) is 56.6 Å². The summed E-state index contributed by atoms with van der Waals surface area (Å²) in [7, 11) is 1.78. The molecule has 30 heavy (non-hydrogen) atoms. The van der Waals surface area contributed by atoms with Crippen LogP contribution in [0.1, 0.15) is 12.5 Å². The Morgan fingerprint density at radius 3 is 2.60 bits per heavy atom. The predicted octanol–water partition coefficient (Wildman–Crippen LogP) is 1.10. The molecule has 0 spiro atoms. The Morgan fingerprint density at radius 1 is 1.10 bits per heavy atom. The Balaban J connectivity index is 1.52. The molecule has 8 heteroatoms. The van der Waals surface area contributed by atoms with Crippen LogP contribution in [0, 0.1) is 5.82 Å². The van der Waals surface area contributed by atoms with Crippen LogP contribution in [0.25, 0.3) is 0 Å². The number of likely N-dealkylation sites (N-methyl/N-ethyl adjacent to an activating group) is 2. The minimum Gasteiger partial charge on any atom is -0.486 e. The second kappa shape index (κ2) is 10.1.